The SMILES string of the molecule is CC(C)c1ccc(N(c2ccc(C(F)(F)F)cc2)c2ccc3cc4c(cc3c2)oc2cc3c(cc24)oc2cc4cc(N(c5ccc(C(C)C)cc5)c5ccc(C(F)(F)F)cc5)ccc4cc23)cc1. The van der Waals surface area contributed by atoms with Crippen LogP contribution in [0.5, 0.6) is 0 Å². The lowest BCUT2D eigenvalue weighted by atomic mass is 10.0. The summed E-state index contributed by atoms with van der Waals surface area (Å²) in [5, 5.41) is 7.30. The average molecular weight is 913 g/mol. The van der Waals surface area contributed by atoms with Crippen molar-refractivity contribution in [1.29, 1.82) is 0 Å². The molecule has 0 saturated heterocycles. The standard InChI is InChI=1S/C58H42F6N2O2/c1-33(2)35-5-15-43(16-6-35)65(45-21-11-41(12-22-45)57(59,60)61)47-19-9-37-27-49-51-31-56-52(32-55(51)67-53(49)29-39(37)25-47)50-28-38-10-20-48(26-40(38)30-54(50)68-56)66(44-17-7-36(8-18-44)34(3)4)46-23-13-42(14-24-46)58(62,63)64/h5-34H,1-4H3. The molecule has 0 aliphatic heterocycles. The van der Waals surface area contributed by atoms with Crippen molar-refractivity contribution < 1.29 is 35.2 Å². The monoisotopic (exact) mass is 912 g/mol. The third kappa shape index (κ3) is 7.63. The van der Waals surface area contributed by atoms with E-state index in [4.69, 9.17) is 8.83 Å². The minimum atomic E-state index is -4.45. The summed E-state index contributed by atoms with van der Waals surface area (Å²) in [6, 6.07) is 50.8. The smallest absolute Gasteiger partial charge is 0.416 e. The number of hydrogen-bond acceptors (Lipinski definition) is 4. The van der Waals surface area contributed by atoms with Crippen LogP contribution in [0.2, 0.25) is 0 Å². The van der Waals surface area contributed by atoms with Crippen LogP contribution in [-0.4, -0.2) is 0 Å². The summed E-state index contributed by atoms with van der Waals surface area (Å²) in [7, 11) is 0. The summed E-state index contributed by atoms with van der Waals surface area (Å²) in [5.74, 6) is 0.631. The first kappa shape index (κ1) is 42.9. The van der Waals surface area contributed by atoms with Crippen LogP contribution in [0.3, 0.4) is 0 Å². The van der Waals surface area contributed by atoms with Crippen LogP contribution < -0.4 is 9.80 Å². The molecular weight excluding hydrogens is 871 g/mol. The molecule has 0 radical (unpaired) electrons. The van der Waals surface area contributed by atoms with E-state index in [2.05, 4.69) is 39.8 Å². The molecule has 0 spiro atoms. The maximum atomic E-state index is 13.6. The van der Waals surface area contributed by atoms with Gasteiger partial charge in [-0.25, -0.2) is 0 Å². The van der Waals surface area contributed by atoms with E-state index in [0.717, 1.165) is 101 Å². The van der Waals surface area contributed by atoms with E-state index >= 15 is 0 Å². The van der Waals surface area contributed by atoms with E-state index in [0.29, 0.717) is 45.5 Å². The number of fused-ring (bicyclic) bond motifs is 8. The average Bonchev–Trinajstić information content (AvgIpc) is 3.84. The van der Waals surface area contributed by atoms with E-state index in [9.17, 15) is 26.3 Å². The second-order valence-corrected chi connectivity index (χ2v) is 18.1. The molecule has 0 N–H and O–H groups in total. The van der Waals surface area contributed by atoms with Crippen molar-refractivity contribution in [1.82, 2.24) is 0 Å². The molecule has 68 heavy (non-hydrogen) atoms. The molecule has 11 aromatic rings. The maximum absolute atomic E-state index is 13.6. The first-order chi connectivity index (χ1) is 32.6. The Bertz CT molecular complexity index is 3450. The summed E-state index contributed by atoms with van der Waals surface area (Å²) in [4.78, 5) is 3.91. The lowest BCUT2D eigenvalue weighted by Crippen LogP contribution is -2.11. The topological polar surface area (TPSA) is 32.8 Å². The van der Waals surface area contributed by atoms with Gasteiger partial charge in [-0.3, -0.25) is 0 Å². The summed E-state index contributed by atoms with van der Waals surface area (Å²) >= 11 is 0. The van der Waals surface area contributed by atoms with Crippen molar-refractivity contribution >= 4 is 99.5 Å². The van der Waals surface area contributed by atoms with Crippen molar-refractivity contribution in [2.75, 3.05) is 9.80 Å². The Morgan fingerprint density at radius 3 is 0.941 bits per heavy atom. The Morgan fingerprint density at radius 1 is 0.324 bits per heavy atom. The van der Waals surface area contributed by atoms with Crippen molar-refractivity contribution in [2.45, 2.75) is 51.9 Å². The van der Waals surface area contributed by atoms with Crippen LogP contribution in [-0.2, 0) is 12.4 Å². The quantitative estimate of drug-likeness (QED) is 0.142. The Hall–Kier alpha value is -7.72. The van der Waals surface area contributed by atoms with E-state index in [1.54, 1.807) is 0 Å². The van der Waals surface area contributed by atoms with Gasteiger partial charge in [0.25, 0.3) is 0 Å². The van der Waals surface area contributed by atoms with E-state index < -0.39 is 23.5 Å². The van der Waals surface area contributed by atoms with Crippen molar-refractivity contribution in [2.24, 2.45) is 0 Å². The number of benzene rings is 9. The largest absolute Gasteiger partial charge is 0.456 e. The van der Waals surface area contributed by atoms with E-state index in [-0.39, 0.29) is 0 Å². The second kappa shape index (κ2) is 16.0. The Labute approximate surface area is 387 Å². The van der Waals surface area contributed by atoms with Crippen LogP contribution in [0.25, 0.3) is 65.4 Å². The molecule has 0 unspecified atom stereocenters. The van der Waals surface area contributed by atoms with Crippen LogP contribution >= 0.6 is 0 Å². The number of halogens is 6. The Balaban J connectivity index is 0.972. The molecule has 4 nitrogen and oxygen atoms in total. The molecule has 0 amide bonds. The first-order valence-electron chi connectivity index (χ1n) is 22.4. The number of furan rings is 2. The first-order valence-corrected chi connectivity index (χ1v) is 22.4. The van der Waals surface area contributed by atoms with Crippen molar-refractivity contribution in [3.05, 3.63) is 192 Å². The van der Waals surface area contributed by atoms with Gasteiger partial charge in [0.1, 0.15) is 22.3 Å². The molecule has 0 aliphatic rings. The molecule has 338 valence electrons. The minimum absolute atomic E-state index is 0.316. The molecule has 0 saturated carbocycles. The zero-order valence-corrected chi connectivity index (χ0v) is 37.3. The molecule has 10 heteroatoms. The predicted molar refractivity (Wildman–Crippen MR) is 264 cm³/mol. The summed E-state index contributed by atoms with van der Waals surface area (Å²) in [6.07, 6.45) is -8.90. The van der Waals surface area contributed by atoms with Gasteiger partial charge in [-0.1, -0.05) is 64.1 Å². The van der Waals surface area contributed by atoms with Crippen LogP contribution in [0, 0.1) is 0 Å². The molecule has 0 aliphatic carbocycles. The van der Waals surface area contributed by atoms with E-state index in [1.807, 2.05) is 119 Å². The molecule has 2 heterocycles. The fourth-order valence-electron chi connectivity index (χ4n) is 9.29. The van der Waals surface area contributed by atoms with Gasteiger partial charge in [0.2, 0.25) is 0 Å². The predicted octanol–water partition coefficient (Wildman–Crippen LogP) is 19.0. The molecule has 0 atom stereocenters. The highest BCUT2D eigenvalue weighted by Crippen LogP contribution is 2.44. The summed E-state index contributed by atoms with van der Waals surface area (Å²) in [5.41, 5.74) is 7.99. The lowest BCUT2D eigenvalue weighted by Gasteiger charge is -2.26. The van der Waals surface area contributed by atoms with Gasteiger partial charge in [0.05, 0.1) is 11.1 Å². The normalized spacial score (nSPS) is 12.5. The summed E-state index contributed by atoms with van der Waals surface area (Å²) in [6.45, 7) is 8.46. The van der Waals surface area contributed by atoms with Gasteiger partial charge in [0, 0.05) is 55.7 Å². The van der Waals surface area contributed by atoms with Crippen molar-refractivity contribution in [3.63, 3.8) is 0 Å². The number of alkyl halides is 6. The van der Waals surface area contributed by atoms with Gasteiger partial charge in [-0.05, 0) is 178 Å². The number of rotatable bonds is 8. The Morgan fingerprint density at radius 2 is 0.618 bits per heavy atom. The zero-order valence-electron chi connectivity index (χ0n) is 37.3. The molecule has 9 aromatic carbocycles. The highest BCUT2D eigenvalue weighted by Gasteiger charge is 2.31. The minimum Gasteiger partial charge on any atom is -0.456 e. The molecule has 11 rings (SSSR count). The molecular formula is C58H42F6N2O2. The fraction of sp³-hybridized carbons (Fsp3) is 0.138. The number of hydrogen-bond donors (Lipinski definition) is 0. The molecule has 0 fully saturated rings. The Kier molecular flexibility index (Phi) is 10.1. The van der Waals surface area contributed by atoms with Crippen LogP contribution in [0.1, 0.15) is 61.8 Å². The van der Waals surface area contributed by atoms with Gasteiger partial charge >= 0.3 is 12.4 Å². The highest BCUT2D eigenvalue weighted by atomic mass is 19.4. The number of anilines is 6. The third-order valence-corrected chi connectivity index (χ3v) is 13.0. The third-order valence-electron chi connectivity index (χ3n) is 13.0. The van der Waals surface area contributed by atoms with Gasteiger partial charge in [0.15, 0.2) is 0 Å². The van der Waals surface area contributed by atoms with Crippen molar-refractivity contribution in [3.8, 4) is 0 Å². The molecule has 0 bridgehead atoms. The number of nitrogens with zero attached hydrogens (tertiary/aromatic N) is 2. The second-order valence-electron chi connectivity index (χ2n) is 18.1. The maximum Gasteiger partial charge on any atom is 0.416 e. The zero-order chi connectivity index (χ0) is 47.2. The lowest BCUT2D eigenvalue weighted by molar-refractivity contribution is -0.138. The van der Waals surface area contributed by atoms with Crippen LogP contribution in [0.4, 0.5) is 60.5 Å². The highest BCUT2D eigenvalue weighted by molar-refractivity contribution is 6.18. The fourth-order valence-corrected chi connectivity index (χ4v) is 9.29. The molecule has 2 aromatic heterocycles. The van der Waals surface area contributed by atoms with Crippen LogP contribution in [0.15, 0.2) is 179 Å². The van der Waals surface area contributed by atoms with Gasteiger partial charge in [-0.2, -0.15) is 26.3 Å². The summed E-state index contributed by atoms with van der Waals surface area (Å²) < 4.78 is 94.6. The van der Waals surface area contributed by atoms with Gasteiger partial charge in [-0.15, -0.1) is 0 Å². The van der Waals surface area contributed by atoms with E-state index in [1.165, 1.54) is 24.3 Å². The van der Waals surface area contributed by atoms with Gasteiger partial charge < -0.3 is 18.6 Å².